The van der Waals surface area contributed by atoms with Crippen LogP contribution in [0.5, 0.6) is 0 Å². The fourth-order valence-corrected chi connectivity index (χ4v) is 3.51. The van der Waals surface area contributed by atoms with Gasteiger partial charge in [0.2, 0.25) is 0 Å². The molecule has 100 valence electrons. The lowest BCUT2D eigenvalue weighted by atomic mass is 9.75. The maximum atomic E-state index is 4.65. The summed E-state index contributed by atoms with van der Waals surface area (Å²) < 4.78 is 0. The summed E-state index contributed by atoms with van der Waals surface area (Å²) in [6, 6.07) is 10.8. The molecule has 0 spiro atoms. The Balaban J connectivity index is 2.09. The molecule has 0 atom stereocenters. The van der Waals surface area contributed by atoms with Crippen molar-refractivity contribution in [3.05, 3.63) is 30.3 Å². The van der Waals surface area contributed by atoms with E-state index in [1.54, 1.807) is 0 Å². The summed E-state index contributed by atoms with van der Waals surface area (Å²) in [7, 11) is 0. The van der Waals surface area contributed by atoms with Crippen LogP contribution in [0, 0.1) is 5.41 Å². The second kappa shape index (κ2) is 6.51. The van der Waals surface area contributed by atoms with Crippen LogP contribution in [0.25, 0.3) is 0 Å². The summed E-state index contributed by atoms with van der Waals surface area (Å²) in [6.45, 7) is 4.50. The molecule has 0 amide bonds. The van der Waals surface area contributed by atoms with Crippen LogP contribution in [-0.4, -0.2) is 18.8 Å². The van der Waals surface area contributed by atoms with Crippen molar-refractivity contribution in [3.63, 3.8) is 0 Å². The molecule has 1 aromatic rings. The van der Waals surface area contributed by atoms with Gasteiger partial charge in [-0.25, -0.2) is 0 Å². The summed E-state index contributed by atoms with van der Waals surface area (Å²) in [5.41, 5.74) is 1.79. The van der Waals surface area contributed by atoms with Crippen LogP contribution in [-0.2, 0) is 0 Å². The van der Waals surface area contributed by atoms with Crippen LogP contribution in [0.3, 0.4) is 0 Å². The minimum atomic E-state index is 0.438. The normalized spacial score (nSPS) is 18.6. The van der Waals surface area contributed by atoms with Crippen LogP contribution in [0.1, 0.15) is 39.0 Å². The van der Waals surface area contributed by atoms with E-state index in [2.05, 4.69) is 54.8 Å². The van der Waals surface area contributed by atoms with E-state index in [4.69, 9.17) is 0 Å². The topological polar surface area (TPSA) is 3.24 Å². The zero-order valence-electron chi connectivity index (χ0n) is 11.4. The Morgan fingerprint density at radius 1 is 1.11 bits per heavy atom. The van der Waals surface area contributed by atoms with Gasteiger partial charge in [0.15, 0.2) is 0 Å². The van der Waals surface area contributed by atoms with Crippen molar-refractivity contribution in [1.82, 2.24) is 0 Å². The molecular formula is C16H25NS. The third-order valence-corrected chi connectivity index (χ3v) is 4.95. The Bertz CT molecular complexity index is 343. The third-order valence-electron chi connectivity index (χ3n) is 4.28. The van der Waals surface area contributed by atoms with Crippen molar-refractivity contribution in [3.8, 4) is 0 Å². The van der Waals surface area contributed by atoms with Crippen molar-refractivity contribution < 1.29 is 0 Å². The monoisotopic (exact) mass is 263 g/mol. The van der Waals surface area contributed by atoms with Crippen LogP contribution in [0.4, 0.5) is 5.69 Å². The van der Waals surface area contributed by atoms with E-state index >= 15 is 0 Å². The van der Waals surface area contributed by atoms with Crippen LogP contribution in [0.2, 0.25) is 0 Å². The molecule has 2 rings (SSSR count). The first-order valence-electron chi connectivity index (χ1n) is 7.20. The molecule has 0 heterocycles. The van der Waals surface area contributed by atoms with Gasteiger partial charge in [-0.05, 0) is 43.1 Å². The van der Waals surface area contributed by atoms with Crippen molar-refractivity contribution >= 4 is 18.3 Å². The van der Waals surface area contributed by atoms with Gasteiger partial charge in [-0.3, -0.25) is 0 Å². The average molecular weight is 263 g/mol. The summed E-state index contributed by atoms with van der Waals surface area (Å²) >= 11 is 4.65. The molecule has 1 aromatic carbocycles. The van der Waals surface area contributed by atoms with Gasteiger partial charge < -0.3 is 4.90 Å². The van der Waals surface area contributed by atoms with E-state index in [-0.39, 0.29) is 0 Å². The van der Waals surface area contributed by atoms with Crippen LogP contribution >= 0.6 is 12.6 Å². The van der Waals surface area contributed by atoms with Crippen molar-refractivity contribution in [2.45, 2.75) is 39.0 Å². The predicted octanol–water partition coefficient (Wildman–Crippen LogP) is 4.39. The van der Waals surface area contributed by atoms with E-state index in [0.29, 0.717) is 5.41 Å². The van der Waals surface area contributed by atoms with Gasteiger partial charge in [0.05, 0.1) is 0 Å². The molecule has 18 heavy (non-hydrogen) atoms. The first-order chi connectivity index (χ1) is 8.79. The van der Waals surface area contributed by atoms with Crippen molar-refractivity contribution in [2.24, 2.45) is 5.41 Å². The number of anilines is 1. The van der Waals surface area contributed by atoms with Gasteiger partial charge in [-0.15, -0.1) is 0 Å². The Kier molecular flexibility index (Phi) is 4.99. The number of hydrogen-bond donors (Lipinski definition) is 1. The zero-order valence-corrected chi connectivity index (χ0v) is 12.3. The zero-order chi connectivity index (χ0) is 12.8. The lowest BCUT2D eigenvalue weighted by Crippen LogP contribution is -2.40. The fraction of sp³-hybridized carbons (Fsp3) is 0.625. The molecule has 0 bridgehead atoms. The van der Waals surface area contributed by atoms with Gasteiger partial charge >= 0.3 is 0 Å². The van der Waals surface area contributed by atoms with E-state index in [0.717, 1.165) is 18.8 Å². The maximum Gasteiger partial charge on any atom is 0.0366 e. The fourth-order valence-electron chi connectivity index (χ4n) is 3.10. The Labute approximate surface area is 117 Å². The second-order valence-electron chi connectivity index (χ2n) is 5.57. The number of benzene rings is 1. The summed E-state index contributed by atoms with van der Waals surface area (Å²) in [5, 5.41) is 0. The molecule has 0 saturated heterocycles. The number of nitrogens with zero attached hydrogens (tertiary/aromatic N) is 1. The maximum absolute atomic E-state index is 4.65. The first-order valence-corrected chi connectivity index (χ1v) is 7.84. The van der Waals surface area contributed by atoms with E-state index in [1.807, 2.05) is 0 Å². The Hall–Kier alpha value is -0.630. The number of para-hydroxylation sites is 1. The van der Waals surface area contributed by atoms with Gasteiger partial charge in [0, 0.05) is 18.8 Å². The molecule has 0 aromatic heterocycles. The summed E-state index contributed by atoms with van der Waals surface area (Å²) in [5.74, 6) is 1.02. The minimum Gasteiger partial charge on any atom is -0.371 e. The van der Waals surface area contributed by atoms with E-state index in [9.17, 15) is 0 Å². The molecule has 1 aliphatic carbocycles. The summed E-state index contributed by atoms with van der Waals surface area (Å²) in [4.78, 5) is 2.52. The predicted molar refractivity (Wildman–Crippen MR) is 83.7 cm³/mol. The Morgan fingerprint density at radius 2 is 1.78 bits per heavy atom. The summed E-state index contributed by atoms with van der Waals surface area (Å²) in [6.07, 6.45) is 6.87. The van der Waals surface area contributed by atoms with E-state index in [1.165, 1.54) is 37.8 Å². The van der Waals surface area contributed by atoms with Gasteiger partial charge in [-0.2, -0.15) is 12.6 Å². The SMILES string of the molecule is CCN(CC1(CS)CCCCC1)c1ccccc1. The molecule has 1 saturated carbocycles. The molecule has 1 fully saturated rings. The molecule has 1 nitrogen and oxygen atoms in total. The molecule has 0 unspecified atom stereocenters. The van der Waals surface area contributed by atoms with Gasteiger partial charge in [0.25, 0.3) is 0 Å². The third kappa shape index (κ3) is 3.23. The first kappa shape index (κ1) is 13.8. The van der Waals surface area contributed by atoms with Crippen LogP contribution < -0.4 is 4.90 Å². The quantitative estimate of drug-likeness (QED) is 0.771. The second-order valence-corrected chi connectivity index (χ2v) is 5.88. The standard InChI is InChI=1S/C16H25NS/c1-2-17(15-9-5-3-6-10-15)13-16(14-18)11-7-4-8-12-16/h3,5-6,9-10,18H,2,4,7-8,11-14H2,1H3. The molecular weight excluding hydrogens is 238 g/mol. The highest BCUT2D eigenvalue weighted by Crippen LogP contribution is 2.38. The minimum absolute atomic E-state index is 0.438. The highest BCUT2D eigenvalue weighted by molar-refractivity contribution is 7.80. The number of rotatable bonds is 5. The highest BCUT2D eigenvalue weighted by Gasteiger charge is 2.32. The number of thiol groups is 1. The average Bonchev–Trinajstić information content (AvgIpc) is 2.47. The van der Waals surface area contributed by atoms with Gasteiger partial charge in [-0.1, -0.05) is 37.5 Å². The molecule has 0 radical (unpaired) electrons. The lowest BCUT2D eigenvalue weighted by molar-refractivity contribution is 0.228. The molecule has 2 heteroatoms. The van der Waals surface area contributed by atoms with Crippen LogP contribution in [0.15, 0.2) is 30.3 Å². The Morgan fingerprint density at radius 3 is 2.33 bits per heavy atom. The smallest absolute Gasteiger partial charge is 0.0366 e. The lowest BCUT2D eigenvalue weighted by Gasteiger charge is -2.41. The van der Waals surface area contributed by atoms with Crippen molar-refractivity contribution in [1.29, 1.82) is 0 Å². The van der Waals surface area contributed by atoms with E-state index < -0.39 is 0 Å². The molecule has 0 N–H and O–H groups in total. The number of hydrogen-bond acceptors (Lipinski definition) is 2. The highest BCUT2D eigenvalue weighted by atomic mass is 32.1. The molecule has 1 aliphatic rings. The van der Waals surface area contributed by atoms with Crippen molar-refractivity contribution in [2.75, 3.05) is 23.7 Å². The van der Waals surface area contributed by atoms with Gasteiger partial charge in [0.1, 0.15) is 0 Å². The largest absolute Gasteiger partial charge is 0.371 e. The molecule has 0 aliphatic heterocycles.